The molecule has 43 heavy (non-hydrogen) atoms. The van der Waals surface area contributed by atoms with Gasteiger partial charge in [-0.25, -0.2) is 4.98 Å². The second-order valence-electron chi connectivity index (χ2n) is 9.60. The molecule has 1 atom stereocenters. The van der Waals surface area contributed by atoms with Crippen molar-refractivity contribution in [3.05, 3.63) is 84.0 Å². The standard InChI is InChI=1S/C32H28N2O8S/c1-4-12-40-22-10-6-18(15-24(22)39-5-2)28-27(29(35)19-7-11-23-25(16-19)42-14-13-41-23)30(36)31(37)34(28)32-33-21-9-8-20(38-3)17-26(21)43-32/h4,6-11,15-17,28,35H,1,5,12-14H2,2-3H3/t28-/m0/s1. The van der Waals surface area contributed by atoms with Crippen LogP contribution < -0.4 is 28.6 Å². The van der Waals surface area contributed by atoms with E-state index in [9.17, 15) is 14.7 Å². The summed E-state index contributed by atoms with van der Waals surface area (Å²) in [7, 11) is 1.57. The fourth-order valence-corrected chi connectivity index (χ4v) is 6.07. The normalized spacial score (nSPS) is 17.3. The monoisotopic (exact) mass is 600 g/mol. The molecule has 4 aromatic rings. The van der Waals surface area contributed by atoms with Crippen LogP contribution in [0.5, 0.6) is 28.7 Å². The second-order valence-corrected chi connectivity index (χ2v) is 10.6. The van der Waals surface area contributed by atoms with E-state index in [1.807, 2.05) is 13.0 Å². The summed E-state index contributed by atoms with van der Waals surface area (Å²) in [6, 6.07) is 14.4. The number of methoxy groups -OCH3 is 1. The van der Waals surface area contributed by atoms with Gasteiger partial charge < -0.3 is 28.8 Å². The first-order valence-electron chi connectivity index (χ1n) is 13.6. The number of rotatable bonds is 9. The van der Waals surface area contributed by atoms with Crippen molar-refractivity contribution in [3.8, 4) is 28.7 Å². The van der Waals surface area contributed by atoms with E-state index < -0.39 is 17.7 Å². The van der Waals surface area contributed by atoms with Crippen LogP contribution in [-0.2, 0) is 9.59 Å². The molecule has 0 saturated carbocycles. The number of hydrogen-bond acceptors (Lipinski definition) is 10. The highest BCUT2D eigenvalue weighted by molar-refractivity contribution is 7.22. The van der Waals surface area contributed by atoms with E-state index in [1.54, 1.807) is 61.7 Å². The average molecular weight is 601 g/mol. The lowest BCUT2D eigenvalue weighted by molar-refractivity contribution is -0.132. The maximum atomic E-state index is 13.7. The molecule has 2 aliphatic rings. The van der Waals surface area contributed by atoms with Crippen LogP contribution in [0.25, 0.3) is 16.0 Å². The molecule has 6 rings (SSSR count). The summed E-state index contributed by atoms with van der Waals surface area (Å²) in [6.45, 7) is 6.91. The maximum absolute atomic E-state index is 13.7. The number of carbonyl (C=O) groups is 2. The highest BCUT2D eigenvalue weighted by Crippen LogP contribution is 2.46. The quantitative estimate of drug-likeness (QED) is 0.112. The maximum Gasteiger partial charge on any atom is 0.301 e. The van der Waals surface area contributed by atoms with Crippen molar-refractivity contribution in [3.63, 3.8) is 0 Å². The molecule has 0 radical (unpaired) electrons. The predicted octanol–water partition coefficient (Wildman–Crippen LogP) is 5.67. The van der Waals surface area contributed by atoms with Crippen LogP contribution >= 0.6 is 11.3 Å². The molecule has 0 unspecified atom stereocenters. The number of amides is 1. The summed E-state index contributed by atoms with van der Waals surface area (Å²) < 4.78 is 29.0. The molecule has 1 fully saturated rings. The Labute approximate surface area is 251 Å². The summed E-state index contributed by atoms with van der Waals surface area (Å²) in [5, 5.41) is 11.9. The second kappa shape index (κ2) is 11.7. The predicted molar refractivity (Wildman–Crippen MR) is 162 cm³/mol. The highest BCUT2D eigenvalue weighted by Gasteiger charge is 2.48. The number of carbonyl (C=O) groups excluding carboxylic acids is 2. The minimum Gasteiger partial charge on any atom is -0.507 e. The number of fused-ring (bicyclic) bond motifs is 2. The Hall–Kier alpha value is -5.03. The van der Waals surface area contributed by atoms with E-state index >= 15 is 0 Å². The Kier molecular flexibility index (Phi) is 7.64. The molecule has 220 valence electrons. The number of ketones is 1. The van der Waals surface area contributed by atoms with Crippen molar-refractivity contribution in [1.82, 2.24) is 4.98 Å². The van der Waals surface area contributed by atoms with Gasteiger partial charge in [0.1, 0.15) is 31.3 Å². The van der Waals surface area contributed by atoms with Gasteiger partial charge in [-0.1, -0.05) is 30.1 Å². The first-order valence-corrected chi connectivity index (χ1v) is 14.4. The van der Waals surface area contributed by atoms with E-state index in [0.717, 1.165) is 4.70 Å². The smallest absolute Gasteiger partial charge is 0.301 e. The van der Waals surface area contributed by atoms with Gasteiger partial charge in [-0.15, -0.1) is 0 Å². The first-order chi connectivity index (χ1) is 20.9. The van der Waals surface area contributed by atoms with Crippen LogP contribution in [0.3, 0.4) is 0 Å². The third-order valence-corrected chi connectivity index (χ3v) is 8.01. The minimum absolute atomic E-state index is 0.0966. The van der Waals surface area contributed by atoms with Crippen LogP contribution in [0.4, 0.5) is 5.13 Å². The van der Waals surface area contributed by atoms with Gasteiger partial charge in [0.25, 0.3) is 5.78 Å². The summed E-state index contributed by atoms with van der Waals surface area (Å²) in [5.74, 6) is 0.470. The zero-order valence-corrected chi connectivity index (χ0v) is 24.3. The van der Waals surface area contributed by atoms with Gasteiger partial charge in [0.05, 0.1) is 35.5 Å². The SMILES string of the molecule is C=CCOc1ccc([C@H]2C(=C(O)c3ccc4c(c3)OCCO4)C(=O)C(=O)N2c2nc3ccc(OC)cc3s2)cc1OCC. The molecule has 0 bridgehead atoms. The largest absolute Gasteiger partial charge is 0.507 e. The molecule has 2 aliphatic heterocycles. The molecule has 1 amide bonds. The van der Waals surface area contributed by atoms with E-state index in [0.29, 0.717) is 70.3 Å². The lowest BCUT2D eigenvalue weighted by Gasteiger charge is -2.24. The number of Topliss-reactive ketones (excluding diaryl/α,β-unsaturated/α-hetero) is 1. The van der Waals surface area contributed by atoms with Crippen LogP contribution in [0.1, 0.15) is 24.1 Å². The molecule has 0 spiro atoms. The molecule has 1 N–H and O–H groups in total. The van der Waals surface area contributed by atoms with Crippen molar-refractivity contribution in [1.29, 1.82) is 0 Å². The lowest BCUT2D eigenvalue weighted by atomic mass is 9.95. The van der Waals surface area contributed by atoms with E-state index in [-0.39, 0.29) is 17.9 Å². The van der Waals surface area contributed by atoms with Gasteiger partial charge in [-0.3, -0.25) is 14.5 Å². The van der Waals surface area contributed by atoms with Gasteiger partial charge in [0.15, 0.2) is 28.1 Å². The van der Waals surface area contributed by atoms with Crippen molar-refractivity contribution < 1.29 is 38.4 Å². The number of thiazole rings is 1. The molecule has 1 aromatic heterocycles. The fourth-order valence-electron chi connectivity index (χ4n) is 5.05. The number of benzene rings is 3. The number of aliphatic hydroxyl groups excluding tert-OH is 1. The number of nitrogens with zero attached hydrogens (tertiary/aromatic N) is 2. The summed E-state index contributed by atoms with van der Waals surface area (Å²) >= 11 is 1.24. The molecular weight excluding hydrogens is 572 g/mol. The number of anilines is 1. The summed E-state index contributed by atoms with van der Waals surface area (Å²) in [4.78, 5) is 33.5. The van der Waals surface area contributed by atoms with Gasteiger partial charge in [-0.2, -0.15) is 0 Å². The number of aliphatic hydroxyl groups is 1. The Morgan fingerprint density at radius 2 is 1.88 bits per heavy atom. The third kappa shape index (κ3) is 5.12. The summed E-state index contributed by atoms with van der Waals surface area (Å²) in [5.41, 5.74) is 1.36. The van der Waals surface area contributed by atoms with Gasteiger partial charge in [-0.05, 0) is 61.0 Å². The fraction of sp³-hybridized carbons (Fsp3) is 0.219. The third-order valence-electron chi connectivity index (χ3n) is 6.99. The highest BCUT2D eigenvalue weighted by atomic mass is 32.1. The lowest BCUT2D eigenvalue weighted by Crippen LogP contribution is -2.29. The first kappa shape index (κ1) is 28.1. The van der Waals surface area contributed by atoms with Crippen molar-refractivity contribution >= 4 is 44.1 Å². The Bertz CT molecular complexity index is 1780. The van der Waals surface area contributed by atoms with Gasteiger partial charge in [0, 0.05) is 5.56 Å². The molecule has 3 aromatic carbocycles. The van der Waals surface area contributed by atoms with Gasteiger partial charge >= 0.3 is 5.91 Å². The number of aromatic nitrogens is 1. The van der Waals surface area contributed by atoms with Crippen LogP contribution in [0.2, 0.25) is 0 Å². The average Bonchev–Trinajstić information content (AvgIpc) is 3.57. The summed E-state index contributed by atoms with van der Waals surface area (Å²) in [6.07, 6.45) is 1.62. The Morgan fingerprint density at radius 3 is 2.65 bits per heavy atom. The Morgan fingerprint density at radius 1 is 1.07 bits per heavy atom. The van der Waals surface area contributed by atoms with Crippen LogP contribution in [0, 0.1) is 0 Å². The molecular formula is C32H28N2O8S. The van der Waals surface area contributed by atoms with Gasteiger partial charge in [0.2, 0.25) is 0 Å². The molecule has 0 aliphatic carbocycles. The molecule has 3 heterocycles. The van der Waals surface area contributed by atoms with E-state index in [1.165, 1.54) is 16.2 Å². The molecule has 10 nitrogen and oxygen atoms in total. The van der Waals surface area contributed by atoms with Crippen LogP contribution in [0.15, 0.2) is 72.8 Å². The van der Waals surface area contributed by atoms with Crippen molar-refractivity contribution in [2.45, 2.75) is 13.0 Å². The molecule has 11 heteroatoms. The zero-order valence-electron chi connectivity index (χ0n) is 23.5. The van der Waals surface area contributed by atoms with E-state index in [4.69, 9.17) is 23.7 Å². The number of ether oxygens (including phenoxy) is 5. The van der Waals surface area contributed by atoms with Crippen molar-refractivity contribution in [2.24, 2.45) is 0 Å². The topological polar surface area (TPSA) is 117 Å². The zero-order chi connectivity index (χ0) is 30.1. The Balaban J connectivity index is 1.53. The molecule has 1 saturated heterocycles. The number of hydrogen-bond donors (Lipinski definition) is 1. The van der Waals surface area contributed by atoms with E-state index in [2.05, 4.69) is 11.6 Å². The van der Waals surface area contributed by atoms with Crippen molar-refractivity contribution in [2.75, 3.05) is 38.4 Å². The van der Waals surface area contributed by atoms with Crippen LogP contribution in [-0.4, -0.2) is 55.3 Å². The minimum atomic E-state index is -1.02.